The number of hydrogen-bond donors (Lipinski definition) is 1. The van der Waals surface area contributed by atoms with Crippen LogP contribution in [0.3, 0.4) is 0 Å². The highest BCUT2D eigenvalue weighted by Crippen LogP contribution is 2.29. The number of anilines is 1. The zero-order valence-electron chi connectivity index (χ0n) is 13.2. The van der Waals surface area contributed by atoms with Crippen molar-refractivity contribution < 1.29 is 22.4 Å². The Bertz CT molecular complexity index is 747. The van der Waals surface area contributed by atoms with Crippen molar-refractivity contribution in [3.8, 4) is 0 Å². The van der Waals surface area contributed by atoms with Crippen molar-refractivity contribution in [3.05, 3.63) is 63.9 Å². The second-order valence-electron chi connectivity index (χ2n) is 5.54. The number of halogens is 5. The van der Waals surface area contributed by atoms with Crippen LogP contribution in [-0.2, 0) is 17.5 Å². The van der Waals surface area contributed by atoms with Gasteiger partial charge in [0.25, 0.3) is 0 Å². The minimum Gasteiger partial charge on any atom is -0.322 e. The summed E-state index contributed by atoms with van der Waals surface area (Å²) in [5.41, 5.74) is -0.0170. The number of benzene rings is 2. The van der Waals surface area contributed by atoms with E-state index in [1.807, 2.05) is 0 Å². The van der Waals surface area contributed by atoms with E-state index in [1.54, 1.807) is 18.0 Å². The van der Waals surface area contributed by atoms with Crippen LogP contribution in [0, 0.1) is 5.82 Å². The molecule has 0 aliphatic heterocycles. The molecule has 2 aromatic carbocycles. The predicted molar refractivity (Wildman–Crippen MR) is 90.5 cm³/mol. The Morgan fingerprint density at radius 2 is 1.80 bits per heavy atom. The van der Waals surface area contributed by atoms with Crippen LogP contribution < -0.4 is 5.32 Å². The fraction of sp³-hybridized carbons (Fsp3) is 0.235. The molecule has 0 atom stereocenters. The Labute approximate surface area is 150 Å². The summed E-state index contributed by atoms with van der Waals surface area (Å²) in [6.07, 6.45) is -4.38. The van der Waals surface area contributed by atoms with Crippen molar-refractivity contribution in [1.82, 2.24) is 4.90 Å². The Morgan fingerprint density at radius 1 is 1.16 bits per heavy atom. The Hall–Kier alpha value is -1.93. The average molecular weight is 419 g/mol. The van der Waals surface area contributed by atoms with Gasteiger partial charge in [-0.05, 0) is 42.9 Å². The lowest BCUT2D eigenvalue weighted by Crippen LogP contribution is -2.30. The molecule has 0 saturated carbocycles. The summed E-state index contributed by atoms with van der Waals surface area (Å²) in [6.45, 7) is 0.255. The summed E-state index contributed by atoms with van der Waals surface area (Å²) in [6, 6.07) is 9.01. The number of amides is 1. The second-order valence-corrected chi connectivity index (χ2v) is 6.45. The van der Waals surface area contributed by atoms with Crippen LogP contribution >= 0.6 is 15.9 Å². The molecule has 134 valence electrons. The van der Waals surface area contributed by atoms with Gasteiger partial charge in [0.2, 0.25) is 5.91 Å². The van der Waals surface area contributed by atoms with E-state index in [1.165, 1.54) is 24.3 Å². The van der Waals surface area contributed by atoms with Gasteiger partial charge in [-0.25, -0.2) is 4.39 Å². The zero-order chi connectivity index (χ0) is 18.6. The smallest absolute Gasteiger partial charge is 0.322 e. The maximum atomic E-state index is 13.7. The first kappa shape index (κ1) is 19.4. The molecule has 2 rings (SSSR count). The van der Waals surface area contributed by atoms with E-state index in [9.17, 15) is 22.4 Å². The summed E-state index contributed by atoms with van der Waals surface area (Å²) < 4.78 is 51.8. The summed E-state index contributed by atoms with van der Waals surface area (Å²) in [4.78, 5) is 13.6. The van der Waals surface area contributed by atoms with E-state index in [0.717, 1.165) is 12.1 Å². The summed E-state index contributed by atoms with van der Waals surface area (Å²) in [7, 11) is 1.65. The van der Waals surface area contributed by atoms with Gasteiger partial charge >= 0.3 is 6.18 Å². The largest absolute Gasteiger partial charge is 0.416 e. The maximum Gasteiger partial charge on any atom is 0.416 e. The fourth-order valence-electron chi connectivity index (χ4n) is 2.19. The van der Waals surface area contributed by atoms with Crippen molar-refractivity contribution >= 4 is 27.5 Å². The molecule has 0 aromatic heterocycles. The number of alkyl halides is 3. The van der Waals surface area contributed by atoms with Crippen LogP contribution in [0.15, 0.2) is 46.9 Å². The van der Waals surface area contributed by atoms with Crippen LogP contribution in [0.25, 0.3) is 0 Å². The molecule has 25 heavy (non-hydrogen) atoms. The molecular weight excluding hydrogens is 404 g/mol. The summed E-state index contributed by atoms with van der Waals surface area (Å²) >= 11 is 3.13. The molecule has 1 amide bonds. The molecule has 0 saturated heterocycles. The molecule has 0 fully saturated rings. The molecule has 1 N–H and O–H groups in total. The quantitative estimate of drug-likeness (QED) is 0.715. The SMILES string of the molecule is CN(CC(=O)Nc1ccc(Br)cc1F)Cc1ccc(C(F)(F)F)cc1. The van der Waals surface area contributed by atoms with Crippen LogP contribution in [0.2, 0.25) is 0 Å². The molecule has 0 bridgehead atoms. The molecule has 0 unspecified atom stereocenters. The summed E-state index contributed by atoms with van der Waals surface area (Å²) in [5, 5.41) is 2.46. The number of carbonyl (C=O) groups excluding carboxylic acids is 1. The predicted octanol–water partition coefficient (Wildman–Crippen LogP) is 4.68. The van der Waals surface area contributed by atoms with Crippen LogP contribution in [-0.4, -0.2) is 24.4 Å². The molecule has 0 spiro atoms. The van der Waals surface area contributed by atoms with Gasteiger partial charge < -0.3 is 5.32 Å². The molecular formula is C17H15BrF4N2O. The molecule has 0 radical (unpaired) electrons. The molecule has 0 aliphatic rings. The lowest BCUT2D eigenvalue weighted by atomic mass is 10.1. The van der Waals surface area contributed by atoms with Crippen molar-refractivity contribution in [3.63, 3.8) is 0 Å². The van der Waals surface area contributed by atoms with Crippen LogP contribution in [0.4, 0.5) is 23.2 Å². The van der Waals surface area contributed by atoms with Crippen molar-refractivity contribution in [2.45, 2.75) is 12.7 Å². The third-order valence-electron chi connectivity index (χ3n) is 3.35. The van der Waals surface area contributed by atoms with E-state index in [0.29, 0.717) is 10.0 Å². The average Bonchev–Trinajstić information content (AvgIpc) is 2.49. The normalized spacial score (nSPS) is 11.6. The first-order valence-electron chi connectivity index (χ1n) is 7.25. The third-order valence-corrected chi connectivity index (χ3v) is 3.85. The van der Waals surface area contributed by atoms with Gasteiger partial charge in [-0.3, -0.25) is 9.69 Å². The monoisotopic (exact) mass is 418 g/mol. The zero-order valence-corrected chi connectivity index (χ0v) is 14.8. The molecule has 3 nitrogen and oxygen atoms in total. The van der Waals surface area contributed by atoms with Crippen molar-refractivity contribution in [1.29, 1.82) is 0 Å². The van der Waals surface area contributed by atoms with E-state index in [2.05, 4.69) is 21.2 Å². The molecule has 8 heteroatoms. The maximum absolute atomic E-state index is 13.7. The van der Waals surface area contributed by atoms with Crippen molar-refractivity contribution in [2.24, 2.45) is 0 Å². The van der Waals surface area contributed by atoms with Gasteiger partial charge in [0.1, 0.15) is 5.82 Å². The number of carbonyl (C=O) groups is 1. The van der Waals surface area contributed by atoms with Gasteiger partial charge in [-0.1, -0.05) is 28.1 Å². The van der Waals surface area contributed by atoms with Gasteiger partial charge in [0.05, 0.1) is 17.8 Å². The number of nitrogens with zero attached hydrogens (tertiary/aromatic N) is 1. The number of likely N-dealkylation sites (N-methyl/N-ethyl adjacent to an activating group) is 1. The highest BCUT2D eigenvalue weighted by Gasteiger charge is 2.29. The highest BCUT2D eigenvalue weighted by atomic mass is 79.9. The lowest BCUT2D eigenvalue weighted by molar-refractivity contribution is -0.137. The van der Waals surface area contributed by atoms with Crippen LogP contribution in [0.5, 0.6) is 0 Å². The lowest BCUT2D eigenvalue weighted by Gasteiger charge is -2.17. The van der Waals surface area contributed by atoms with E-state index >= 15 is 0 Å². The second kappa shape index (κ2) is 7.97. The van der Waals surface area contributed by atoms with Gasteiger partial charge in [-0.2, -0.15) is 13.2 Å². The van der Waals surface area contributed by atoms with Crippen LogP contribution in [0.1, 0.15) is 11.1 Å². The minimum absolute atomic E-state index is 0.0312. The third kappa shape index (κ3) is 5.82. The number of hydrogen-bond acceptors (Lipinski definition) is 2. The first-order chi connectivity index (χ1) is 11.6. The summed E-state index contributed by atoms with van der Waals surface area (Å²) in [5.74, 6) is -0.983. The Morgan fingerprint density at radius 3 is 2.36 bits per heavy atom. The topological polar surface area (TPSA) is 32.3 Å². The highest BCUT2D eigenvalue weighted by molar-refractivity contribution is 9.10. The van der Waals surface area contributed by atoms with E-state index < -0.39 is 23.5 Å². The molecule has 0 aliphatic carbocycles. The van der Waals surface area contributed by atoms with Crippen molar-refractivity contribution in [2.75, 3.05) is 18.9 Å². The number of nitrogens with one attached hydrogen (secondary N) is 1. The fourth-order valence-corrected chi connectivity index (χ4v) is 2.53. The molecule has 0 heterocycles. The first-order valence-corrected chi connectivity index (χ1v) is 8.04. The Balaban J connectivity index is 1.91. The van der Waals surface area contributed by atoms with E-state index in [4.69, 9.17) is 0 Å². The van der Waals surface area contributed by atoms with Gasteiger partial charge in [0, 0.05) is 11.0 Å². The number of rotatable bonds is 5. The van der Waals surface area contributed by atoms with Gasteiger partial charge in [-0.15, -0.1) is 0 Å². The Kier molecular flexibility index (Phi) is 6.18. The standard InChI is InChI=1S/C17H15BrF4N2O/c1-24(9-11-2-4-12(5-3-11)17(20,21)22)10-16(25)23-15-7-6-13(18)8-14(15)19/h2-8H,9-10H2,1H3,(H,23,25). The van der Waals surface area contributed by atoms with E-state index in [-0.39, 0.29) is 18.8 Å². The van der Waals surface area contributed by atoms with Gasteiger partial charge in [0.15, 0.2) is 0 Å². The minimum atomic E-state index is -4.38. The molecule has 2 aromatic rings.